The summed E-state index contributed by atoms with van der Waals surface area (Å²) < 4.78 is 95.2. The molecule has 0 spiro atoms. The second kappa shape index (κ2) is 14.9. The predicted octanol–water partition coefficient (Wildman–Crippen LogP) is 3.47. The molecule has 0 aliphatic carbocycles. The summed E-state index contributed by atoms with van der Waals surface area (Å²) in [4.78, 5) is 33.3. The molecule has 0 aromatic carbocycles. The molecule has 9 nitrogen and oxygen atoms in total. The molecule has 1 fully saturated rings. The van der Waals surface area contributed by atoms with E-state index in [0.717, 1.165) is 31.2 Å². The molecule has 36 heavy (non-hydrogen) atoms. The maximum atomic E-state index is 10.6. The maximum absolute atomic E-state index is 10.6. The highest BCUT2D eigenvalue weighted by molar-refractivity contribution is 5.73. The average molecular weight is 547 g/mol. The lowest BCUT2D eigenvalue weighted by Gasteiger charge is -2.33. The van der Waals surface area contributed by atoms with E-state index in [1.165, 1.54) is 18.5 Å². The van der Waals surface area contributed by atoms with Gasteiger partial charge in [0.25, 0.3) is 0 Å². The lowest BCUT2D eigenvalue weighted by molar-refractivity contribution is -0.193. The molecule has 0 amide bonds. The van der Waals surface area contributed by atoms with Crippen molar-refractivity contribution < 1.29 is 69.2 Å². The Morgan fingerprint density at radius 1 is 0.889 bits per heavy atom. The van der Waals surface area contributed by atoms with Gasteiger partial charge in [-0.15, -0.1) is 0 Å². The number of anilines is 1. The number of hydrogen-bond acceptors (Lipinski definition) is 6. The van der Waals surface area contributed by atoms with Crippen molar-refractivity contribution in [2.75, 3.05) is 24.5 Å². The number of alkyl halides is 9. The molecule has 2 heterocycles. The van der Waals surface area contributed by atoms with Crippen molar-refractivity contribution in [3.63, 3.8) is 0 Å². The van der Waals surface area contributed by atoms with Gasteiger partial charge in [-0.25, -0.2) is 14.4 Å². The molecule has 1 aliphatic rings. The summed E-state index contributed by atoms with van der Waals surface area (Å²) >= 11 is 0. The Bertz CT molecular complexity index is 780. The Hall–Kier alpha value is -3.31. The average Bonchev–Trinajstić information content (AvgIpc) is 2.73. The van der Waals surface area contributed by atoms with Gasteiger partial charge in [0.05, 0.1) is 0 Å². The van der Waals surface area contributed by atoms with Crippen LogP contribution >= 0.6 is 0 Å². The number of carboxylic acid groups (broad SMARTS) is 3. The molecule has 0 saturated carbocycles. The van der Waals surface area contributed by atoms with E-state index in [1.807, 2.05) is 13.1 Å². The zero-order chi connectivity index (χ0) is 28.9. The molecule has 0 unspecified atom stereocenters. The van der Waals surface area contributed by atoms with Gasteiger partial charge in [0.2, 0.25) is 0 Å². The zero-order valence-electron chi connectivity index (χ0n) is 18.3. The van der Waals surface area contributed by atoms with Crippen molar-refractivity contribution in [3.05, 3.63) is 24.0 Å². The summed E-state index contributed by atoms with van der Waals surface area (Å²) in [6.07, 6.45) is -10.9. The Morgan fingerprint density at radius 2 is 1.22 bits per heavy atom. The summed E-state index contributed by atoms with van der Waals surface area (Å²) in [7, 11) is 0. The number of carboxylic acids is 3. The van der Waals surface area contributed by atoms with Crippen LogP contribution in [0.25, 0.3) is 0 Å². The molecule has 5 N–H and O–H groups in total. The number of nitrogens with zero attached hydrogens (tertiary/aromatic N) is 2. The summed E-state index contributed by atoms with van der Waals surface area (Å²) in [5.41, 5.74) is 8.08. The topological polar surface area (TPSA) is 154 Å². The van der Waals surface area contributed by atoms with Crippen molar-refractivity contribution in [3.8, 4) is 0 Å². The fraction of sp³-hybridized carbons (Fsp3) is 0.556. The fourth-order valence-corrected chi connectivity index (χ4v) is 2.15. The number of halogens is 9. The van der Waals surface area contributed by atoms with Gasteiger partial charge in [-0.05, 0) is 44.4 Å². The largest absolute Gasteiger partial charge is 0.490 e. The number of rotatable bonds is 2. The highest BCUT2D eigenvalue weighted by Crippen LogP contribution is 2.22. The van der Waals surface area contributed by atoms with Crippen molar-refractivity contribution in [1.29, 1.82) is 0 Å². The van der Waals surface area contributed by atoms with E-state index in [1.54, 1.807) is 0 Å². The Morgan fingerprint density at radius 3 is 1.47 bits per heavy atom. The highest BCUT2D eigenvalue weighted by Gasteiger charge is 2.39. The normalized spacial score (nSPS) is 14.1. The van der Waals surface area contributed by atoms with E-state index in [9.17, 15) is 39.5 Å². The third-order valence-electron chi connectivity index (χ3n) is 3.92. The van der Waals surface area contributed by atoms with Crippen molar-refractivity contribution >= 4 is 23.6 Å². The van der Waals surface area contributed by atoms with Gasteiger partial charge in [-0.3, -0.25) is 4.98 Å². The van der Waals surface area contributed by atoms with Crippen LogP contribution in [-0.2, 0) is 14.4 Å². The SMILES string of the molecule is Cc1cc(N2CCC(CN)CC2)ccn1.O=C(O)C(F)(F)F.O=C(O)C(F)(F)F.O=C(O)C(F)(F)F. The van der Waals surface area contributed by atoms with Crippen LogP contribution in [0.3, 0.4) is 0 Å². The number of nitrogens with two attached hydrogens (primary N) is 1. The molecule has 1 aliphatic heterocycles. The van der Waals surface area contributed by atoms with Gasteiger partial charge in [0.1, 0.15) is 0 Å². The van der Waals surface area contributed by atoms with Gasteiger partial charge in [0, 0.05) is 30.7 Å². The van der Waals surface area contributed by atoms with E-state index in [-0.39, 0.29) is 0 Å². The minimum atomic E-state index is -5.08. The van der Waals surface area contributed by atoms with Gasteiger partial charge >= 0.3 is 36.4 Å². The lowest BCUT2D eigenvalue weighted by Crippen LogP contribution is -2.36. The Balaban J connectivity index is 0. The van der Waals surface area contributed by atoms with Crippen LogP contribution in [0.15, 0.2) is 18.3 Å². The second-order valence-corrected chi connectivity index (χ2v) is 6.73. The summed E-state index contributed by atoms with van der Waals surface area (Å²) in [5.74, 6) is -7.54. The van der Waals surface area contributed by atoms with Crippen LogP contribution in [0.4, 0.5) is 45.2 Å². The van der Waals surface area contributed by atoms with Crippen LogP contribution in [0.1, 0.15) is 18.5 Å². The molecule has 2 rings (SSSR count). The van der Waals surface area contributed by atoms with Crippen molar-refractivity contribution in [2.45, 2.75) is 38.3 Å². The van der Waals surface area contributed by atoms with Crippen LogP contribution in [0.5, 0.6) is 0 Å². The number of carbonyl (C=O) groups is 3. The molecule has 0 bridgehead atoms. The Labute approximate surface area is 197 Å². The number of hydrogen-bond donors (Lipinski definition) is 4. The van der Waals surface area contributed by atoms with Crippen LogP contribution < -0.4 is 10.6 Å². The molecule has 208 valence electrons. The third-order valence-corrected chi connectivity index (χ3v) is 3.92. The first-order valence-corrected chi connectivity index (χ1v) is 9.40. The third kappa shape index (κ3) is 16.3. The molecule has 0 radical (unpaired) electrons. The first-order valence-electron chi connectivity index (χ1n) is 9.40. The van der Waals surface area contributed by atoms with Crippen LogP contribution in [0, 0.1) is 12.8 Å². The van der Waals surface area contributed by atoms with E-state index >= 15 is 0 Å². The van der Waals surface area contributed by atoms with E-state index in [0.29, 0.717) is 0 Å². The highest BCUT2D eigenvalue weighted by atomic mass is 19.4. The first kappa shape index (κ1) is 34.9. The second-order valence-electron chi connectivity index (χ2n) is 6.73. The standard InChI is InChI=1S/C12H19N3.3C2HF3O2/c1-10-8-12(2-5-14-10)15-6-3-11(9-13)4-7-15;3*3-2(4,5)1(6)7/h2,5,8,11H,3-4,6-7,9,13H2,1H3;3*(H,6,7). The van der Waals surface area contributed by atoms with E-state index < -0.39 is 36.4 Å². The van der Waals surface area contributed by atoms with Crippen LogP contribution in [0.2, 0.25) is 0 Å². The monoisotopic (exact) mass is 547 g/mol. The first-order chi connectivity index (χ1) is 16.1. The van der Waals surface area contributed by atoms with Gasteiger partial charge in [0.15, 0.2) is 0 Å². The van der Waals surface area contributed by atoms with Crippen LogP contribution in [-0.4, -0.2) is 76.4 Å². The zero-order valence-corrected chi connectivity index (χ0v) is 18.3. The lowest BCUT2D eigenvalue weighted by atomic mass is 9.97. The number of pyridine rings is 1. The van der Waals surface area contributed by atoms with Crippen molar-refractivity contribution in [1.82, 2.24) is 4.98 Å². The van der Waals surface area contributed by atoms with E-state index in [2.05, 4.69) is 22.0 Å². The number of piperidine rings is 1. The molecular weight excluding hydrogens is 525 g/mol. The maximum Gasteiger partial charge on any atom is 0.490 e. The molecule has 1 aromatic rings. The predicted molar refractivity (Wildman–Crippen MR) is 104 cm³/mol. The number of aromatic nitrogens is 1. The minimum Gasteiger partial charge on any atom is -0.475 e. The minimum absolute atomic E-state index is 0.726. The quantitative estimate of drug-likeness (QED) is 0.408. The Kier molecular flexibility index (Phi) is 14.5. The van der Waals surface area contributed by atoms with Gasteiger partial charge in [-0.2, -0.15) is 39.5 Å². The van der Waals surface area contributed by atoms with Gasteiger partial charge in [-0.1, -0.05) is 0 Å². The van der Waals surface area contributed by atoms with Gasteiger partial charge < -0.3 is 26.0 Å². The molecule has 0 atom stereocenters. The van der Waals surface area contributed by atoms with Crippen molar-refractivity contribution in [2.24, 2.45) is 11.7 Å². The number of aliphatic carboxylic acids is 3. The molecule has 1 aromatic heterocycles. The fourth-order valence-electron chi connectivity index (χ4n) is 2.15. The van der Waals surface area contributed by atoms with E-state index in [4.69, 9.17) is 35.4 Å². The molecular formula is C18H22F9N3O6. The smallest absolute Gasteiger partial charge is 0.475 e. The summed E-state index contributed by atoms with van der Waals surface area (Å²) in [5, 5.41) is 21.4. The number of aryl methyl sites for hydroxylation is 1. The summed E-state index contributed by atoms with van der Waals surface area (Å²) in [6.45, 7) is 5.13. The molecule has 18 heteroatoms. The summed E-state index contributed by atoms with van der Waals surface area (Å²) in [6, 6.07) is 4.25. The molecule has 1 saturated heterocycles.